The first-order chi connectivity index (χ1) is 15.4. The molecule has 8 heteroatoms. The Hall–Kier alpha value is -3.20. The highest BCUT2D eigenvalue weighted by atomic mass is 16.5. The van der Waals surface area contributed by atoms with E-state index in [1.807, 2.05) is 60.9 Å². The maximum Gasteiger partial charge on any atom is 0.407 e. The van der Waals surface area contributed by atoms with Crippen LogP contribution >= 0.6 is 0 Å². The van der Waals surface area contributed by atoms with Crippen molar-refractivity contribution in [2.45, 2.75) is 32.6 Å². The zero-order chi connectivity index (χ0) is 23.1. The standard InChI is InChI=1S/C24H29N3O5/c1-17-8-9-18(2)27(17)23-11-10-20(12-25-23)22(29)13-26(24(30)31)21(14-28)16-32-15-19-6-4-3-5-7-19/h3-12,21-22,28-29H,13-16H2,1-2H3,(H,30,31)/t21-,22+/m1/s1. The Bertz CT molecular complexity index is 985. The molecule has 0 spiro atoms. The molecule has 0 aliphatic heterocycles. The van der Waals surface area contributed by atoms with Gasteiger partial charge in [-0.05, 0) is 37.6 Å². The van der Waals surface area contributed by atoms with Crippen LogP contribution in [-0.2, 0) is 11.3 Å². The molecule has 2 atom stereocenters. The highest BCUT2D eigenvalue weighted by Crippen LogP contribution is 2.19. The van der Waals surface area contributed by atoms with Crippen LogP contribution in [0.2, 0.25) is 0 Å². The lowest BCUT2D eigenvalue weighted by Gasteiger charge is -2.29. The van der Waals surface area contributed by atoms with Gasteiger partial charge in [0.1, 0.15) is 5.82 Å². The fraction of sp³-hybridized carbons (Fsp3) is 0.333. The summed E-state index contributed by atoms with van der Waals surface area (Å²) in [5.41, 5.74) is 3.53. The summed E-state index contributed by atoms with van der Waals surface area (Å²) in [6, 6.07) is 16.2. The lowest BCUT2D eigenvalue weighted by Crippen LogP contribution is -2.46. The van der Waals surface area contributed by atoms with Crippen LogP contribution in [0.25, 0.3) is 5.82 Å². The fourth-order valence-electron chi connectivity index (χ4n) is 3.56. The van der Waals surface area contributed by atoms with Crippen LogP contribution < -0.4 is 0 Å². The van der Waals surface area contributed by atoms with Gasteiger partial charge in [0.05, 0.1) is 38.5 Å². The van der Waals surface area contributed by atoms with E-state index in [1.54, 1.807) is 18.3 Å². The molecule has 3 rings (SSSR count). The largest absolute Gasteiger partial charge is 0.465 e. The smallest absolute Gasteiger partial charge is 0.407 e. The van der Waals surface area contributed by atoms with Gasteiger partial charge in [0, 0.05) is 23.1 Å². The van der Waals surface area contributed by atoms with E-state index >= 15 is 0 Å². The number of aromatic nitrogens is 2. The molecule has 0 aliphatic rings. The number of rotatable bonds is 10. The third kappa shape index (κ3) is 5.73. The Kier molecular flexibility index (Phi) is 7.99. The molecular weight excluding hydrogens is 410 g/mol. The van der Waals surface area contributed by atoms with Crippen LogP contribution in [0.1, 0.15) is 28.6 Å². The molecule has 0 saturated heterocycles. The third-order valence-corrected chi connectivity index (χ3v) is 5.34. The summed E-state index contributed by atoms with van der Waals surface area (Å²) in [4.78, 5) is 17.2. The monoisotopic (exact) mass is 439 g/mol. The highest BCUT2D eigenvalue weighted by Gasteiger charge is 2.26. The molecule has 2 aromatic heterocycles. The Balaban J connectivity index is 1.64. The molecule has 0 fully saturated rings. The third-order valence-electron chi connectivity index (χ3n) is 5.34. The summed E-state index contributed by atoms with van der Waals surface area (Å²) in [7, 11) is 0. The maximum atomic E-state index is 11.8. The van der Waals surface area contributed by atoms with E-state index in [-0.39, 0.29) is 13.2 Å². The molecule has 0 aliphatic carbocycles. The predicted octanol–water partition coefficient (Wildman–Crippen LogP) is 3.08. The molecule has 170 valence electrons. The van der Waals surface area contributed by atoms with Crippen LogP contribution in [0.4, 0.5) is 4.79 Å². The normalized spacial score (nSPS) is 13.0. The van der Waals surface area contributed by atoms with E-state index in [4.69, 9.17) is 4.74 Å². The second-order valence-electron chi connectivity index (χ2n) is 7.69. The van der Waals surface area contributed by atoms with Crippen molar-refractivity contribution in [2.75, 3.05) is 19.8 Å². The van der Waals surface area contributed by atoms with Gasteiger partial charge in [-0.2, -0.15) is 0 Å². The molecule has 0 radical (unpaired) electrons. The van der Waals surface area contributed by atoms with E-state index in [2.05, 4.69) is 4.98 Å². The number of hydrogen-bond acceptors (Lipinski definition) is 5. The number of aryl methyl sites for hydroxylation is 2. The number of pyridine rings is 1. The number of aliphatic hydroxyl groups excluding tert-OH is 2. The maximum absolute atomic E-state index is 11.8. The number of amides is 1. The molecule has 0 bridgehead atoms. The van der Waals surface area contributed by atoms with Crippen molar-refractivity contribution < 1.29 is 24.9 Å². The predicted molar refractivity (Wildman–Crippen MR) is 120 cm³/mol. The van der Waals surface area contributed by atoms with Gasteiger partial charge in [0.25, 0.3) is 0 Å². The summed E-state index contributed by atoms with van der Waals surface area (Å²) in [5, 5.41) is 30.0. The Morgan fingerprint density at radius 3 is 2.34 bits per heavy atom. The molecule has 3 N–H and O–H groups in total. The zero-order valence-corrected chi connectivity index (χ0v) is 18.3. The van der Waals surface area contributed by atoms with E-state index in [0.29, 0.717) is 12.2 Å². The van der Waals surface area contributed by atoms with Gasteiger partial charge >= 0.3 is 6.09 Å². The number of carboxylic acid groups (broad SMARTS) is 1. The molecule has 1 aromatic carbocycles. The van der Waals surface area contributed by atoms with Gasteiger partial charge in [-0.1, -0.05) is 36.4 Å². The molecule has 1 amide bonds. The number of carbonyl (C=O) groups is 1. The molecule has 32 heavy (non-hydrogen) atoms. The van der Waals surface area contributed by atoms with E-state index < -0.39 is 24.8 Å². The quantitative estimate of drug-likeness (QED) is 0.448. The van der Waals surface area contributed by atoms with Gasteiger partial charge in [-0.25, -0.2) is 9.78 Å². The number of aliphatic hydroxyl groups is 2. The van der Waals surface area contributed by atoms with Gasteiger partial charge in [-0.3, -0.25) is 4.90 Å². The van der Waals surface area contributed by atoms with Gasteiger partial charge in [0.15, 0.2) is 0 Å². The van der Waals surface area contributed by atoms with Crippen molar-refractivity contribution in [3.05, 3.63) is 83.3 Å². The summed E-state index contributed by atoms with van der Waals surface area (Å²) < 4.78 is 7.60. The fourth-order valence-corrected chi connectivity index (χ4v) is 3.56. The SMILES string of the molecule is Cc1ccc(C)n1-c1ccc([C@@H](O)CN(C(=O)O)[C@H](CO)COCc2ccccc2)cn1. The Morgan fingerprint density at radius 2 is 1.78 bits per heavy atom. The van der Waals surface area contributed by atoms with Gasteiger partial charge in [-0.15, -0.1) is 0 Å². The van der Waals surface area contributed by atoms with Crippen molar-refractivity contribution in [1.29, 1.82) is 0 Å². The minimum Gasteiger partial charge on any atom is -0.465 e. The molecule has 2 heterocycles. The summed E-state index contributed by atoms with van der Waals surface area (Å²) in [6.07, 6.45) is -0.795. The second kappa shape index (κ2) is 10.9. The Labute approximate surface area is 187 Å². The minimum atomic E-state index is -1.24. The zero-order valence-electron chi connectivity index (χ0n) is 18.3. The first-order valence-electron chi connectivity index (χ1n) is 10.4. The first kappa shape index (κ1) is 23.5. The lowest BCUT2D eigenvalue weighted by atomic mass is 10.1. The molecule has 0 unspecified atom stereocenters. The van der Waals surface area contributed by atoms with Crippen molar-refractivity contribution in [1.82, 2.24) is 14.5 Å². The van der Waals surface area contributed by atoms with E-state index in [0.717, 1.165) is 27.7 Å². The highest BCUT2D eigenvalue weighted by molar-refractivity contribution is 5.65. The van der Waals surface area contributed by atoms with Crippen molar-refractivity contribution in [3.8, 4) is 5.82 Å². The van der Waals surface area contributed by atoms with Crippen LogP contribution in [0.15, 0.2) is 60.8 Å². The summed E-state index contributed by atoms with van der Waals surface area (Å²) >= 11 is 0. The van der Waals surface area contributed by atoms with Crippen LogP contribution in [-0.4, -0.2) is 61.7 Å². The average molecular weight is 440 g/mol. The Morgan fingerprint density at radius 1 is 1.09 bits per heavy atom. The van der Waals surface area contributed by atoms with Gasteiger partial charge in [0.2, 0.25) is 0 Å². The first-order valence-corrected chi connectivity index (χ1v) is 10.4. The molecule has 0 saturated carbocycles. The van der Waals surface area contributed by atoms with Crippen LogP contribution in [0, 0.1) is 13.8 Å². The van der Waals surface area contributed by atoms with Crippen LogP contribution in [0.3, 0.4) is 0 Å². The van der Waals surface area contributed by atoms with Crippen molar-refractivity contribution >= 4 is 6.09 Å². The topological polar surface area (TPSA) is 108 Å². The molecular formula is C24H29N3O5. The molecule has 3 aromatic rings. The number of benzene rings is 1. The number of ether oxygens (including phenoxy) is 1. The number of hydrogen-bond donors (Lipinski definition) is 3. The van der Waals surface area contributed by atoms with E-state index in [9.17, 15) is 20.1 Å². The average Bonchev–Trinajstić information content (AvgIpc) is 3.14. The molecule has 8 nitrogen and oxygen atoms in total. The lowest BCUT2D eigenvalue weighted by molar-refractivity contribution is 0.00899. The van der Waals surface area contributed by atoms with Gasteiger partial charge < -0.3 is 24.6 Å². The van der Waals surface area contributed by atoms with Crippen molar-refractivity contribution in [3.63, 3.8) is 0 Å². The summed E-state index contributed by atoms with van der Waals surface area (Å²) in [6.45, 7) is 3.65. The summed E-state index contributed by atoms with van der Waals surface area (Å²) in [5.74, 6) is 0.721. The van der Waals surface area contributed by atoms with E-state index in [1.165, 1.54) is 0 Å². The minimum absolute atomic E-state index is 0.00772. The number of nitrogens with zero attached hydrogens (tertiary/aromatic N) is 3. The van der Waals surface area contributed by atoms with Crippen LogP contribution in [0.5, 0.6) is 0 Å². The van der Waals surface area contributed by atoms with Crippen molar-refractivity contribution in [2.24, 2.45) is 0 Å². The second-order valence-corrected chi connectivity index (χ2v) is 7.69.